The van der Waals surface area contributed by atoms with Crippen molar-refractivity contribution in [3.8, 4) is 0 Å². The maximum absolute atomic E-state index is 5.26. The van der Waals surface area contributed by atoms with Crippen LogP contribution >= 0.6 is 11.8 Å². The zero-order valence-electron chi connectivity index (χ0n) is 7.82. The van der Waals surface area contributed by atoms with Crippen molar-refractivity contribution in [2.75, 3.05) is 0 Å². The first-order valence-electron chi connectivity index (χ1n) is 4.73. The Kier molecular flexibility index (Phi) is 2.79. The lowest BCUT2D eigenvalue weighted by Gasteiger charge is -2.14. The molecule has 0 amide bonds. The second-order valence-electron chi connectivity index (χ2n) is 3.36. The molecule has 1 aromatic heterocycles. The highest BCUT2D eigenvalue weighted by Gasteiger charge is 2.12. The van der Waals surface area contributed by atoms with Gasteiger partial charge in [-0.05, 0) is 32.3 Å². The highest BCUT2D eigenvalue weighted by atomic mass is 32.2. The molecule has 0 spiro atoms. The van der Waals surface area contributed by atoms with Crippen LogP contribution < -0.4 is 0 Å². The van der Waals surface area contributed by atoms with Crippen LogP contribution in [-0.2, 0) is 0 Å². The van der Waals surface area contributed by atoms with Gasteiger partial charge in [0.1, 0.15) is 5.76 Å². The van der Waals surface area contributed by atoms with Crippen LogP contribution in [0.5, 0.6) is 0 Å². The Balaban J connectivity index is 2.01. The summed E-state index contributed by atoms with van der Waals surface area (Å²) < 4.78 is 5.26. The summed E-state index contributed by atoms with van der Waals surface area (Å²) in [7, 11) is 0. The molecule has 0 fully saturated rings. The molecule has 2 heteroatoms. The average molecular weight is 194 g/mol. The average Bonchev–Trinajstić information content (AvgIpc) is 2.54. The molecule has 0 saturated carbocycles. The summed E-state index contributed by atoms with van der Waals surface area (Å²) in [6.45, 7) is 2.02. The first-order valence-corrected chi connectivity index (χ1v) is 5.61. The first-order chi connectivity index (χ1) is 6.36. The van der Waals surface area contributed by atoms with Crippen molar-refractivity contribution in [1.82, 2.24) is 0 Å². The molecule has 1 aromatic rings. The van der Waals surface area contributed by atoms with Crippen LogP contribution in [0, 0.1) is 6.92 Å². The van der Waals surface area contributed by atoms with Gasteiger partial charge in [0.25, 0.3) is 0 Å². The van der Waals surface area contributed by atoms with E-state index in [0.717, 1.165) is 5.76 Å². The normalized spacial score (nSPS) is 22.1. The van der Waals surface area contributed by atoms with Crippen LogP contribution in [0.2, 0.25) is 0 Å². The van der Waals surface area contributed by atoms with Crippen LogP contribution in [-0.4, -0.2) is 5.25 Å². The predicted molar refractivity (Wildman–Crippen MR) is 56.1 cm³/mol. The van der Waals surface area contributed by atoms with Crippen molar-refractivity contribution in [2.24, 2.45) is 0 Å². The Morgan fingerprint density at radius 1 is 1.54 bits per heavy atom. The number of furan rings is 1. The summed E-state index contributed by atoms with van der Waals surface area (Å²) in [4.78, 5) is 1.29. The fourth-order valence-corrected chi connectivity index (χ4v) is 2.69. The van der Waals surface area contributed by atoms with Gasteiger partial charge >= 0.3 is 0 Å². The van der Waals surface area contributed by atoms with Crippen molar-refractivity contribution >= 4 is 11.8 Å². The Bertz CT molecular complexity index is 301. The van der Waals surface area contributed by atoms with Gasteiger partial charge in [-0.25, -0.2) is 0 Å². The minimum atomic E-state index is 0.657. The molecule has 1 unspecified atom stereocenters. The zero-order chi connectivity index (χ0) is 9.10. The van der Waals surface area contributed by atoms with E-state index in [-0.39, 0.29) is 0 Å². The molecule has 1 aliphatic carbocycles. The van der Waals surface area contributed by atoms with Gasteiger partial charge in [0, 0.05) is 10.1 Å². The second-order valence-corrected chi connectivity index (χ2v) is 4.64. The lowest BCUT2D eigenvalue weighted by molar-refractivity contribution is 0.526. The van der Waals surface area contributed by atoms with Crippen molar-refractivity contribution < 1.29 is 4.42 Å². The molecule has 1 aliphatic rings. The Morgan fingerprint density at radius 2 is 2.46 bits per heavy atom. The van der Waals surface area contributed by atoms with Crippen LogP contribution in [0.25, 0.3) is 0 Å². The quantitative estimate of drug-likeness (QED) is 0.664. The summed E-state index contributed by atoms with van der Waals surface area (Å²) in [5.41, 5.74) is 0. The molecule has 0 bridgehead atoms. The number of thioether (sulfide) groups is 1. The van der Waals surface area contributed by atoms with Gasteiger partial charge in [-0.15, -0.1) is 11.8 Å². The summed E-state index contributed by atoms with van der Waals surface area (Å²) in [6, 6.07) is 2.06. The molecule has 0 radical (unpaired) electrons. The van der Waals surface area contributed by atoms with E-state index in [1.165, 1.54) is 24.2 Å². The fourth-order valence-electron chi connectivity index (χ4n) is 1.54. The van der Waals surface area contributed by atoms with E-state index in [0.29, 0.717) is 5.25 Å². The third-order valence-corrected chi connectivity index (χ3v) is 3.67. The standard InChI is InChI=1S/C11H14OS/c1-9-11(7-8-12-9)13-10-5-3-2-4-6-10/h3,5,7-8,10H,2,4,6H2,1H3. The van der Waals surface area contributed by atoms with E-state index in [1.807, 2.05) is 18.7 Å². The number of rotatable bonds is 2. The third-order valence-electron chi connectivity index (χ3n) is 2.30. The maximum atomic E-state index is 5.26. The molecule has 2 rings (SSSR count). The van der Waals surface area contributed by atoms with Crippen molar-refractivity contribution in [3.05, 3.63) is 30.2 Å². The van der Waals surface area contributed by atoms with E-state index in [9.17, 15) is 0 Å². The first kappa shape index (κ1) is 8.95. The predicted octanol–water partition coefficient (Wildman–Crippen LogP) is 3.79. The zero-order valence-corrected chi connectivity index (χ0v) is 8.64. The van der Waals surface area contributed by atoms with Crippen LogP contribution in [0.4, 0.5) is 0 Å². The van der Waals surface area contributed by atoms with E-state index in [4.69, 9.17) is 4.42 Å². The number of aryl methyl sites for hydroxylation is 1. The van der Waals surface area contributed by atoms with Crippen LogP contribution in [0.15, 0.2) is 33.8 Å². The number of hydrogen-bond acceptors (Lipinski definition) is 2. The minimum Gasteiger partial charge on any atom is -0.468 e. The molecular weight excluding hydrogens is 180 g/mol. The molecule has 1 heterocycles. The summed E-state index contributed by atoms with van der Waals surface area (Å²) in [5, 5.41) is 0.657. The largest absolute Gasteiger partial charge is 0.468 e. The fraction of sp³-hybridized carbons (Fsp3) is 0.455. The second kappa shape index (κ2) is 4.05. The molecule has 13 heavy (non-hydrogen) atoms. The third kappa shape index (κ3) is 2.19. The van der Waals surface area contributed by atoms with Gasteiger partial charge in [-0.1, -0.05) is 12.2 Å². The smallest absolute Gasteiger partial charge is 0.114 e. The van der Waals surface area contributed by atoms with Gasteiger partial charge in [-0.3, -0.25) is 0 Å². The highest BCUT2D eigenvalue weighted by molar-refractivity contribution is 8.00. The molecule has 0 aliphatic heterocycles. The van der Waals surface area contributed by atoms with Crippen LogP contribution in [0.3, 0.4) is 0 Å². The molecule has 0 N–H and O–H groups in total. The van der Waals surface area contributed by atoms with Crippen molar-refractivity contribution in [3.63, 3.8) is 0 Å². The molecule has 1 nitrogen and oxygen atoms in total. The van der Waals surface area contributed by atoms with E-state index in [2.05, 4.69) is 18.2 Å². The summed E-state index contributed by atoms with van der Waals surface area (Å²) in [6.07, 6.45) is 10.2. The monoisotopic (exact) mass is 194 g/mol. The summed E-state index contributed by atoms with van der Waals surface area (Å²) in [5.74, 6) is 1.05. The van der Waals surface area contributed by atoms with Crippen LogP contribution in [0.1, 0.15) is 25.0 Å². The van der Waals surface area contributed by atoms with E-state index >= 15 is 0 Å². The molecule has 0 saturated heterocycles. The van der Waals surface area contributed by atoms with Gasteiger partial charge < -0.3 is 4.42 Å². The van der Waals surface area contributed by atoms with Crippen molar-refractivity contribution in [1.29, 1.82) is 0 Å². The highest BCUT2D eigenvalue weighted by Crippen LogP contribution is 2.32. The van der Waals surface area contributed by atoms with Gasteiger partial charge in [0.15, 0.2) is 0 Å². The molecule has 1 atom stereocenters. The molecule has 70 valence electrons. The Labute approximate surface area is 83.2 Å². The lowest BCUT2D eigenvalue weighted by atomic mass is 10.1. The van der Waals surface area contributed by atoms with Gasteiger partial charge in [0.2, 0.25) is 0 Å². The van der Waals surface area contributed by atoms with Crippen molar-refractivity contribution in [2.45, 2.75) is 36.3 Å². The topological polar surface area (TPSA) is 13.1 Å². The Hall–Kier alpha value is -0.630. The van der Waals surface area contributed by atoms with E-state index in [1.54, 1.807) is 6.26 Å². The summed E-state index contributed by atoms with van der Waals surface area (Å²) >= 11 is 1.92. The minimum absolute atomic E-state index is 0.657. The lowest BCUT2D eigenvalue weighted by Crippen LogP contribution is -2.01. The van der Waals surface area contributed by atoms with Gasteiger partial charge in [-0.2, -0.15) is 0 Å². The van der Waals surface area contributed by atoms with E-state index < -0.39 is 0 Å². The number of allylic oxidation sites excluding steroid dienone is 1. The maximum Gasteiger partial charge on any atom is 0.114 e. The molecular formula is C11H14OS. The number of hydrogen-bond donors (Lipinski definition) is 0. The Morgan fingerprint density at radius 3 is 3.08 bits per heavy atom. The molecule has 0 aromatic carbocycles. The SMILES string of the molecule is Cc1occc1SC1C=CCCC1. The van der Waals surface area contributed by atoms with Gasteiger partial charge in [0.05, 0.1) is 6.26 Å².